The minimum absolute atomic E-state index is 0.0149. The van der Waals surface area contributed by atoms with Crippen LogP contribution >= 0.6 is 0 Å². The third-order valence-electron chi connectivity index (χ3n) is 2.23. The zero-order valence-corrected chi connectivity index (χ0v) is 9.04. The molecule has 0 bridgehead atoms. The fourth-order valence-corrected chi connectivity index (χ4v) is 1.32. The van der Waals surface area contributed by atoms with Crippen molar-refractivity contribution in [1.29, 1.82) is 5.26 Å². The molecule has 1 atom stereocenters. The van der Waals surface area contributed by atoms with Crippen LogP contribution in [-0.2, 0) is 0 Å². The van der Waals surface area contributed by atoms with Crippen LogP contribution in [0.2, 0.25) is 0 Å². The molecule has 0 spiro atoms. The highest BCUT2D eigenvalue weighted by atomic mass is 14.9. The molecular formula is C13H14N2. The van der Waals surface area contributed by atoms with Gasteiger partial charge in [0, 0.05) is 0 Å². The van der Waals surface area contributed by atoms with E-state index in [4.69, 9.17) is 11.7 Å². The van der Waals surface area contributed by atoms with Crippen LogP contribution in [-0.4, -0.2) is 6.04 Å². The van der Waals surface area contributed by atoms with Crippen molar-refractivity contribution < 1.29 is 0 Å². The summed E-state index contributed by atoms with van der Waals surface area (Å²) in [7, 11) is 0. The number of nitrogens with one attached hydrogen (secondary N) is 1. The van der Waals surface area contributed by atoms with E-state index < -0.39 is 0 Å². The second-order valence-corrected chi connectivity index (χ2v) is 3.43. The maximum atomic E-state index is 8.93. The SMILES string of the molecule is C#CC(CC)Nc1cc(C)ccc1C#N. The average molecular weight is 198 g/mol. The lowest BCUT2D eigenvalue weighted by atomic mass is 10.1. The van der Waals surface area contributed by atoms with Crippen molar-refractivity contribution >= 4 is 5.69 Å². The van der Waals surface area contributed by atoms with Gasteiger partial charge in [-0.25, -0.2) is 0 Å². The number of aryl methyl sites for hydroxylation is 1. The average Bonchev–Trinajstić information content (AvgIpc) is 2.26. The van der Waals surface area contributed by atoms with E-state index in [9.17, 15) is 0 Å². The Balaban J connectivity index is 2.99. The summed E-state index contributed by atoms with van der Waals surface area (Å²) in [6.07, 6.45) is 6.21. The fourth-order valence-electron chi connectivity index (χ4n) is 1.32. The summed E-state index contributed by atoms with van der Waals surface area (Å²) in [5.41, 5.74) is 2.57. The molecule has 1 aromatic rings. The molecule has 1 N–H and O–H groups in total. The molecule has 1 rings (SSSR count). The molecule has 0 fully saturated rings. The molecular weight excluding hydrogens is 184 g/mol. The summed E-state index contributed by atoms with van der Waals surface area (Å²) in [5, 5.41) is 12.1. The molecule has 0 aliphatic heterocycles. The van der Waals surface area contributed by atoms with E-state index in [1.165, 1.54) is 0 Å². The number of nitriles is 1. The van der Waals surface area contributed by atoms with Crippen LogP contribution in [0.25, 0.3) is 0 Å². The van der Waals surface area contributed by atoms with Gasteiger partial charge in [0.05, 0.1) is 17.3 Å². The first-order valence-corrected chi connectivity index (χ1v) is 4.94. The number of anilines is 1. The van der Waals surface area contributed by atoms with Crippen molar-refractivity contribution in [3.8, 4) is 18.4 Å². The predicted octanol–water partition coefficient (Wildman–Crippen LogP) is 2.69. The summed E-state index contributed by atoms with van der Waals surface area (Å²) >= 11 is 0. The maximum absolute atomic E-state index is 8.93. The van der Waals surface area contributed by atoms with E-state index in [0.717, 1.165) is 17.7 Å². The molecule has 76 valence electrons. The molecule has 0 aromatic heterocycles. The summed E-state index contributed by atoms with van der Waals surface area (Å²) < 4.78 is 0. The van der Waals surface area contributed by atoms with Crippen LogP contribution < -0.4 is 5.32 Å². The zero-order valence-electron chi connectivity index (χ0n) is 9.04. The lowest BCUT2D eigenvalue weighted by Crippen LogP contribution is -2.16. The quantitative estimate of drug-likeness (QED) is 0.758. The highest BCUT2D eigenvalue weighted by molar-refractivity contribution is 5.59. The van der Waals surface area contributed by atoms with E-state index in [1.807, 2.05) is 26.0 Å². The first kappa shape index (κ1) is 11.1. The molecule has 1 aromatic carbocycles. The van der Waals surface area contributed by atoms with Crippen LogP contribution in [0.3, 0.4) is 0 Å². The molecule has 2 heteroatoms. The normalized spacial score (nSPS) is 11.2. The van der Waals surface area contributed by atoms with Crippen molar-refractivity contribution in [2.24, 2.45) is 0 Å². The fraction of sp³-hybridized carbons (Fsp3) is 0.308. The molecule has 1 unspecified atom stereocenters. The summed E-state index contributed by atoms with van der Waals surface area (Å²) in [5.74, 6) is 2.65. The van der Waals surface area contributed by atoms with Gasteiger partial charge in [-0.05, 0) is 31.0 Å². The van der Waals surface area contributed by atoms with Gasteiger partial charge in [-0.1, -0.05) is 18.9 Å². The van der Waals surface area contributed by atoms with Crippen LogP contribution in [0.4, 0.5) is 5.69 Å². The Labute approximate surface area is 90.9 Å². The van der Waals surface area contributed by atoms with Crippen molar-refractivity contribution in [3.63, 3.8) is 0 Å². The molecule has 2 nitrogen and oxygen atoms in total. The largest absolute Gasteiger partial charge is 0.370 e. The molecule has 0 heterocycles. The van der Waals surface area contributed by atoms with Gasteiger partial charge in [0.15, 0.2) is 0 Å². The standard InChI is InChI=1S/C13H14N2/c1-4-12(5-2)15-13-8-10(3)6-7-11(13)9-14/h1,6-8,12,15H,5H2,2-3H3. The van der Waals surface area contributed by atoms with Crippen molar-refractivity contribution in [2.75, 3.05) is 5.32 Å². The first-order chi connectivity index (χ1) is 7.21. The number of benzene rings is 1. The number of nitrogens with zero attached hydrogens (tertiary/aromatic N) is 1. The topological polar surface area (TPSA) is 35.8 Å². The van der Waals surface area contributed by atoms with Gasteiger partial charge >= 0.3 is 0 Å². The Bertz CT molecular complexity index is 421. The van der Waals surface area contributed by atoms with Crippen LogP contribution in [0.1, 0.15) is 24.5 Å². The van der Waals surface area contributed by atoms with Crippen LogP contribution in [0, 0.1) is 30.6 Å². The molecule has 0 saturated heterocycles. The minimum Gasteiger partial charge on any atom is -0.370 e. The Morgan fingerprint density at radius 3 is 2.80 bits per heavy atom. The second kappa shape index (κ2) is 5.08. The lowest BCUT2D eigenvalue weighted by Gasteiger charge is -2.13. The third-order valence-corrected chi connectivity index (χ3v) is 2.23. The zero-order chi connectivity index (χ0) is 11.3. The van der Waals surface area contributed by atoms with Gasteiger partial charge in [0.25, 0.3) is 0 Å². The van der Waals surface area contributed by atoms with Crippen molar-refractivity contribution in [3.05, 3.63) is 29.3 Å². The van der Waals surface area contributed by atoms with Gasteiger partial charge in [-0.3, -0.25) is 0 Å². The monoisotopic (exact) mass is 198 g/mol. The number of rotatable bonds is 3. The lowest BCUT2D eigenvalue weighted by molar-refractivity contribution is 0.857. The molecule has 0 radical (unpaired) electrons. The Kier molecular flexibility index (Phi) is 3.77. The van der Waals surface area contributed by atoms with Gasteiger partial charge < -0.3 is 5.32 Å². The summed E-state index contributed by atoms with van der Waals surface area (Å²) in [6, 6.07) is 7.80. The molecule has 15 heavy (non-hydrogen) atoms. The highest BCUT2D eigenvalue weighted by Gasteiger charge is 2.06. The Morgan fingerprint density at radius 2 is 2.27 bits per heavy atom. The third kappa shape index (κ3) is 2.76. The molecule has 0 aliphatic rings. The minimum atomic E-state index is -0.0149. The van der Waals surface area contributed by atoms with Gasteiger partial charge in [0.2, 0.25) is 0 Å². The van der Waals surface area contributed by atoms with E-state index in [2.05, 4.69) is 17.3 Å². The second-order valence-electron chi connectivity index (χ2n) is 3.43. The van der Waals surface area contributed by atoms with E-state index in [0.29, 0.717) is 5.56 Å². The van der Waals surface area contributed by atoms with E-state index in [-0.39, 0.29) is 6.04 Å². The van der Waals surface area contributed by atoms with Crippen LogP contribution in [0.15, 0.2) is 18.2 Å². The van der Waals surface area contributed by atoms with Gasteiger partial charge in [-0.2, -0.15) is 5.26 Å². The van der Waals surface area contributed by atoms with E-state index >= 15 is 0 Å². The number of hydrogen-bond acceptors (Lipinski definition) is 2. The number of terminal acetylenes is 1. The highest BCUT2D eigenvalue weighted by Crippen LogP contribution is 2.18. The van der Waals surface area contributed by atoms with Crippen molar-refractivity contribution in [1.82, 2.24) is 0 Å². The van der Waals surface area contributed by atoms with Gasteiger partial charge in [0.1, 0.15) is 6.07 Å². The summed E-state index contributed by atoms with van der Waals surface area (Å²) in [4.78, 5) is 0. The van der Waals surface area contributed by atoms with Gasteiger partial charge in [-0.15, -0.1) is 6.42 Å². The summed E-state index contributed by atoms with van der Waals surface area (Å²) in [6.45, 7) is 4.00. The predicted molar refractivity (Wildman–Crippen MR) is 62.4 cm³/mol. The smallest absolute Gasteiger partial charge is 0.101 e. The first-order valence-electron chi connectivity index (χ1n) is 4.94. The Hall–Kier alpha value is -1.93. The Morgan fingerprint density at radius 1 is 1.53 bits per heavy atom. The number of hydrogen-bond donors (Lipinski definition) is 1. The maximum Gasteiger partial charge on any atom is 0.101 e. The molecule has 0 saturated carbocycles. The van der Waals surface area contributed by atoms with E-state index in [1.54, 1.807) is 6.07 Å². The van der Waals surface area contributed by atoms with Crippen LogP contribution in [0.5, 0.6) is 0 Å². The molecule has 0 aliphatic carbocycles. The van der Waals surface area contributed by atoms with Crippen molar-refractivity contribution in [2.45, 2.75) is 26.3 Å². The molecule has 0 amide bonds.